The van der Waals surface area contributed by atoms with Crippen molar-refractivity contribution in [2.45, 2.75) is 38.1 Å². The van der Waals surface area contributed by atoms with Gasteiger partial charge in [-0.3, -0.25) is 9.59 Å². The van der Waals surface area contributed by atoms with Crippen molar-refractivity contribution in [1.29, 1.82) is 0 Å². The molecule has 0 aliphatic heterocycles. The molecule has 0 spiro atoms. The first kappa shape index (κ1) is 17.7. The third kappa shape index (κ3) is 3.46. The molecule has 2 aromatic rings. The predicted octanol–water partition coefficient (Wildman–Crippen LogP) is 3.05. The van der Waals surface area contributed by atoms with E-state index >= 15 is 0 Å². The number of carboxylic acids is 1. The Kier molecular flexibility index (Phi) is 4.69. The standard InChI is InChI=1S/C18H19BrN2O4/c1-10-4-6-18(7-5-10,17(24)25)21-16(23)14-9-15(22)12-8-11(19)2-3-13(12)20-14/h2-3,8-10H,4-7H2,1H3,(H,20,22)(H,21,23)(H,24,25). The molecule has 1 heterocycles. The lowest BCUT2D eigenvalue weighted by molar-refractivity contribution is -0.146. The molecular formula is C18H19BrN2O4. The van der Waals surface area contributed by atoms with Gasteiger partial charge in [-0.1, -0.05) is 22.9 Å². The Morgan fingerprint density at radius 1 is 1.28 bits per heavy atom. The second kappa shape index (κ2) is 6.63. The number of fused-ring (bicyclic) bond motifs is 1. The van der Waals surface area contributed by atoms with Gasteiger partial charge in [0.2, 0.25) is 0 Å². The lowest BCUT2D eigenvalue weighted by atomic mass is 9.77. The number of nitrogens with one attached hydrogen (secondary N) is 2. The van der Waals surface area contributed by atoms with Crippen LogP contribution in [0, 0.1) is 5.92 Å². The van der Waals surface area contributed by atoms with Crippen LogP contribution in [0.15, 0.2) is 33.5 Å². The minimum Gasteiger partial charge on any atom is -0.480 e. The Morgan fingerprint density at radius 3 is 2.60 bits per heavy atom. The zero-order chi connectivity index (χ0) is 18.2. The largest absolute Gasteiger partial charge is 0.480 e. The maximum Gasteiger partial charge on any atom is 0.329 e. The van der Waals surface area contributed by atoms with E-state index < -0.39 is 17.4 Å². The van der Waals surface area contributed by atoms with Crippen molar-refractivity contribution in [3.8, 4) is 0 Å². The van der Waals surface area contributed by atoms with Gasteiger partial charge in [-0.15, -0.1) is 0 Å². The number of carboxylic acid groups (broad SMARTS) is 1. The van der Waals surface area contributed by atoms with Crippen LogP contribution in [0.1, 0.15) is 43.1 Å². The number of hydrogen-bond donors (Lipinski definition) is 3. The fourth-order valence-corrected chi connectivity index (χ4v) is 3.63. The Labute approximate surface area is 152 Å². The van der Waals surface area contributed by atoms with Gasteiger partial charge in [0.1, 0.15) is 11.2 Å². The fourth-order valence-electron chi connectivity index (χ4n) is 3.27. The first-order valence-electron chi connectivity index (χ1n) is 8.19. The molecular weight excluding hydrogens is 388 g/mol. The Morgan fingerprint density at radius 2 is 1.96 bits per heavy atom. The van der Waals surface area contributed by atoms with Crippen molar-refractivity contribution in [3.63, 3.8) is 0 Å². The van der Waals surface area contributed by atoms with Gasteiger partial charge in [0.25, 0.3) is 5.91 Å². The van der Waals surface area contributed by atoms with Crippen LogP contribution >= 0.6 is 15.9 Å². The van der Waals surface area contributed by atoms with Crippen LogP contribution in [0.3, 0.4) is 0 Å². The van der Waals surface area contributed by atoms with Crippen molar-refractivity contribution in [3.05, 3.63) is 44.7 Å². The van der Waals surface area contributed by atoms with Crippen molar-refractivity contribution in [2.24, 2.45) is 5.92 Å². The van der Waals surface area contributed by atoms with Crippen LogP contribution in [-0.2, 0) is 4.79 Å². The van der Waals surface area contributed by atoms with Gasteiger partial charge in [0.15, 0.2) is 5.43 Å². The van der Waals surface area contributed by atoms with E-state index in [1.54, 1.807) is 18.2 Å². The van der Waals surface area contributed by atoms with Crippen LogP contribution < -0.4 is 10.7 Å². The molecule has 132 valence electrons. The number of H-pyrrole nitrogens is 1. The summed E-state index contributed by atoms with van der Waals surface area (Å²) < 4.78 is 0.767. The Balaban J connectivity index is 1.92. The van der Waals surface area contributed by atoms with Crippen LogP contribution in [0.4, 0.5) is 0 Å². The summed E-state index contributed by atoms with van der Waals surface area (Å²) in [7, 11) is 0. The SMILES string of the molecule is CC1CCC(NC(=O)c2cc(=O)c3cc(Br)ccc3[nH]2)(C(=O)O)CC1. The summed E-state index contributed by atoms with van der Waals surface area (Å²) in [6.45, 7) is 2.08. The molecule has 0 saturated heterocycles. The van der Waals surface area contributed by atoms with E-state index in [2.05, 4.69) is 33.2 Å². The van der Waals surface area contributed by atoms with Crippen molar-refractivity contribution >= 4 is 38.7 Å². The molecule has 1 fully saturated rings. The van der Waals surface area contributed by atoms with Crippen molar-refractivity contribution in [2.75, 3.05) is 0 Å². The topological polar surface area (TPSA) is 99.3 Å². The van der Waals surface area contributed by atoms with Gasteiger partial charge in [-0.25, -0.2) is 4.79 Å². The van der Waals surface area contributed by atoms with E-state index in [1.165, 1.54) is 6.07 Å². The first-order chi connectivity index (χ1) is 11.8. The van der Waals surface area contributed by atoms with E-state index in [1.807, 2.05) is 0 Å². The van der Waals surface area contributed by atoms with Gasteiger partial charge in [0.05, 0.1) is 0 Å². The maximum atomic E-state index is 12.6. The third-order valence-corrected chi connectivity index (χ3v) is 5.42. The third-order valence-electron chi connectivity index (χ3n) is 4.93. The van der Waals surface area contributed by atoms with Crippen LogP contribution in [0.5, 0.6) is 0 Å². The smallest absolute Gasteiger partial charge is 0.329 e. The van der Waals surface area contributed by atoms with E-state index in [4.69, 9.17) is 0 Å². The minimum absolute atomic E-state index is 0.0686. The second-order valence-corrected chi connectivity index (χ2v) is 7.68. The van der Waals surface area contributed by atoms with Crippen LogP contribution in [0.25, 0.3) is 10.9 Å². The summed E-state index contributed by atoms with van der Waals surface area (Å²) >= 11 is 3.31. The highest BCUT2D eigenvalue weighted by Crippen LogP contribution is 2.32. The zero-order valence-electron chi connectivity index (χ0n) is 13.8. The van der Waals surface area contributed by atoms with E-state index in [-0.39, 0.29) is 11.1 Å². The van der Waals surface area contributed by atoms with E-state index in [0.29, 0.717) is 29.7 Å². The molecule has 1 aliphatic rings. The molecule has 0 radical (unpaired) electrons. The Bertz CT molecular complexity index is 898. The first-order valence-corrected chi connectivity index (χ1v) is 8.98. The summed E-state index contributed by atoms with van der Waals surface area (Å²) in [6, 6.07) is 6.36. The lowest BCUT2D eigenvalue weighted by Crippen LogP contribution is -2.56. The fraction of sp³-hybridized carbons (Fsp3) is 0.389. The van der Waals surface area contributed by atoms with Gasteiger partial charge < -0.3 is 15.4 Å². The van der Waals surface area contributed by atoms with Gasteiger partial charge in [-0.2, -0.15) is 0 Å². The highest BCUT2D eigenvalue weighted by atomic mass is 79.9. The molecule has 1 aromatic carbocycles. The number of aliphatic carboxylic acids is 1. The number of hydrogen-bond acceptors (Lipinski definition) is 3. The molecule has 1 saturated carbocycles. The monoisotopic (exact) mass is 406 g/mol. The number of benzene rings is 1. The maximum absolute atomic E-state index is 12.6. The molecule has 6 nitrogen and oxygen atoms in total. The van der Waals surface area contributed by atoms with E-state index in [0.717, 1.165) is 17.3 Å². The van der Waals surface area contributed by atoms with Crippen LogP contribution in [0.2, 0.25) is 0 Å². The molecule has 1 amide bonds. The van der Waals surface area contributed by atoms with Gasteiger partial charge in [-0.05, 0) is 49.8 Å². The number of aromatic nitrogens is 1. The van der Waals surface area contributed by atoms with Crippen molar-refractivity contribution in [1.82, 2.24) is 10.3 Å². The molecule has 3 rings (SSSR count). The highest BCUT2D eigenvalue weighted by molar-refractivity contribution is 9.10. The predicted molar refractivity (Wildman–Crippen MR) is 97.7 cm³/mol. The van der Waals surface area contributed by atoms with E-state index in [9.17, 15) is 19.5 Å². The molecule has 3 N–H and O–H groups in total. The molecule has 0 atom stereocenters. The average molecular weight is 407 g/mol. The summed E-state index contributed by atoms with van der Waals surface area (Å²) in [4.78, 5) is 39.6. The zero-order valence-corrected chi connectivity index (χ0v) is 15.4. The van der Waals surface area contributed by atoms with Crippen molar-refractivity contribution < 1.29 is 14.7 Å². The number of pyridine rings is 1. The normalized spacial score (nSPS) is 23.4. The Hall–Kier alpha value is -2.15. The molecule has 0 bridgehead atoms. The minimum atomic E-state index is -1.27. The molecule has 1 aromatic heterocycles. The second-order valence-electron chi connectivity index (χ2n) is 6.76. The van der Waals surface area contributed by atoms with Crippen LogP contribution in [-0.4, -0.2) is 27.5 Å². The van der Waals surface area contributed by atoms with Gasteiger partial charge in [0, 0.05) is 21.4 Å². The number of amides is 1. The summed E-state index contributed by atoms with van der Waals surface area (Å²) in [5.74, 6) is -1.15. The number of halogens is 1. The average Bonchev–Trinajstić information content (AvgIpc) is 2.57. The molecule has 25 heavy (non-hydrogen) atoms. The summed E-state index contributed by atoms with van der Waals surface area (Å²) in [5.41, 5.74) is -0.960. The quantitative estimate of drug-likeness (QED) is 0.728. The molecule has 7 heteroatoms. The summed E-state index contributed by atoms with van der Waals surface area (Å²) in [6.07, 6.45) is 2.27. The van der Waals surface area contributed by atoms with Gasteiger partial charge >= 0.3 is 5.97 Å². The number of aromatic amines is 1. The summed E-state index contributed by atoms with van der Waals surface area (Å²) in [5, 5.41) is 12.8. The number of carbonyl (C=O) groups is 2. The molecule has 0 unspecified atom stereocenters. The number of carbonyl (C=O) groups excluding carboxylic acids is 1. The number of rotatable bonds is 3. The highest BCUT2D eigenvalue weighted by Gasteiger charge is 2.42. The molecule has 1 aliphatic carbocycles. The lowest BCUT2D eigenvalue weighted by Gasteiger charge is -2.36.